The number of aryl methyl sites for hydroxylation is 1. The van der Waals surface area contributed by atoms with Crippen molar-refractivity contribution in [3.63, 3.8) is 0 Å². The minimum absolute atomic E-state index is 0.0432. The Hall–Kier alpha value is -2.48. The molecule has 2 N–H and O–H groups in total. The fraction of sp³-hybridized carbons (Fsp3) is 0.619. The van der Waals surface area contributed by atoms with Gasteiger partial charge in [-0.1, -0.05) is 20.3 Å². The van der Waals surface area contributed by atoms with Gasteiger partial charge in [-0.25, -0.2) is 9.78 Å². The molecule has 0 aliphatic carbocycles. The number of nitrogens with zero attached hydrogens (tertiary/aromatic N) is 3. The fourth-order valence-electron chi connectivity index (χ4n) is 3.92. The van der Waals surface area contributed by atoms with Crippen LogP contribution in [0.25, 0.3) is 11.0 Å². The summed E-state index contributed by atoms with van der Waals surface area (Å²) >= 11 is 0. The van der Waals surface area contributed by atoms with Crippen molar-refractivity contribution in [3.05, 3.63) is 38.2 Å². The van der Waals surface area contributed by atoms with Crippen molar-refractivity contribution >= 4 is 16.9 Å². The number of piperidine rings is 1. The average molecular weight is 402 g/mol. The van der Waals surface area contributed by atoms with Crippen molar-refractivity contribution in [3.8, 4) is 0 Å². The Kier molecular flexibility index (Phi) is 5.93. The molecule has 8 heteroatoms. The number of aromatic nitrogens is 3. The van der Waals surface area contributed by atoms with E-state index in [-0.39, 0.29) is 28.4 Å². The lowest BCUT2D eigenvalue weighted by atomic mass is 10.00. The van der Waals surface area contributed by atoms with Crippen molar-refractivity contribution in [1.29, 1.82) is 0 Å². The number of fused-ring (bicyclic) bond motifs is 1. The molecule has 0 saturated carbocycles. The molecular formula is C21H31N5O3. The lowest BCUT2D eigenvalue weighted by Gasteiger charge is -2.35. The van der Waals surface area contributed by atoms with Crippen molar-refractivity contribution in [2.45, 2.75) is 58.4 Å². The maximum absolute atomic E-state index is 13.2. The van der Waals surface area contributed by atoms with E-state index in [1.807, 2.05) is 27.7 Å². The van der Waals surface area contributed by atoms with Crippen LogP contribution in [0, 0.1) is 0 Å². The van der Waals surface area contributed by atoms with Gasteiger partial charge in [0, 0.05) is 24.8 Å². The predicted molar refractivity (Wildman–Crippen MR) is 114 cm³/mol. The van der Waals surface area contributed by atoms with Gasteiger partial charge in [-0.15, -0.1) is 0 Å². The van der Waals surface area contributed by atoms with Crippen LogP contribution in [0.3, 0.4) is 0 Å². The summed E-state index contributed by atoms with van der Waals surface area (Å²) < 4.78 is 1.28. The molecule has 0 atom stereocenters. The second-order valence-electron chi connectivity index (χ2n) is 8.94. The Morgan fingerprint density at radius 3 is 2.52 bits per heavy atom. The molecule has 1 saturated heterocycles. The van der Waals surface area contributed by atoms with E-state index in [0.717, 1.165) is 19.6 Å². The number of amides is 1. The summed E-state index contributed by atoms with van der Waals surface area (Å²) in [6.45, 7) is 10.7. The molecule has 158 valence electrons. The largest absolute Gasteiger partial charge is 0.346 e. The molecule has 1 fully saturated rings. The summed E-state index contributed by atoms with van der Waals surface area (Å²) in [5, 5.41) is 3.23. The highest BCUT2D eigenvalue weighted by atomic mass is 16.2. The van der Waals surface area contributed by atoms with Gasteiger partial charge in [0.1, 0.15) is 5.65 Å². The molecular weight excluding hydrogens is 370 g/mol. The Balaban J connectivity index is 2.01. The first kappa shape index (κ1) is 21.2. The van der Waals surface area contributed by atoms with E-state index in [0.29, 0.717) is 5.69 Å². The Morgan fingerprint density at radius 2 is 1.90 bits per heavy atom. The second kappa shape index (κ2) is 8.10. The number of H-pyrrole nitrogens is 1. The summed E-state index contributed by atoms with van der Waals surface area (Å²) in [6.07, 6.45) is 3.62. The van der Waals surface area contributed by atoms with E-state index >= 15 is 0 Å². The Bertz CT molecular complexity index is 1030. The third kappa shape index (κ3) is 4.58. The number of hydrogen-bond donors (Lipinski definition) is 2. The molecule has 3 rings (SSSR count). The average Bonchev–Trinajstić information content (AvgIpc) is 2.65. The molecule has 0 radical (unpaired) electrons. The van der Waals surface area contributed by atoms with E-state index in [1.165, 1.54) is 23.8 Å². The molecule has 1 aliphatic heterocycles. The van der Waals surface area contributed by atoms with Crippen LogP contribution >= 0.6 is 0 Å². The number of nitrogens with one attached hydrogen (secondary N) is 2. The third-order valence-corrected chi connectivity index (χ3v) is 5.45. The summed E-state index contributed by atoms with van der Waals surface area (Å²) in [5.74, 6) is -0.285. The zero-order valence-electron chi connectivity index (χ0n) is 18.0. The van der Waals surface area contributed by atoms with E-state index in [4.69, 9.17) is 0 Å². The molecule has 0 spiro atoms. The molecule has 0 bridgehead atoms. The number of likely N-dealkylation sites (tertiary alicyclic amines) is 1. The molecule has 2 aromatic rings. The third-order valence-electron chi connectivity index (χ3n) is 5.45. The smallest absolute Gasteiger partial charge is 0.329 e. The number of carbonyl (C=O) groups excluding carboxylic acids is 1. The van der Waals surface area contributed by atoms with Gasteiger partial charge in [-0.05, 0) is 51.8 Å². The number of aromatic amines is 1. The maximum Gasteiger partial charge on any atom is 0.329 e. The monoisotopic (exact) mass is 401 g/mol. The number of carbonyl (C=O) groups is 1. The maximum atomic E-state index is 13.2. The summed E-state index contributed by atoms with van der Waals surface area (Å²) in [5.41, 5.74) is -0.462. The van der Waals surface area contributed by atoms with Crippen LogP contribution < -0.4 is 16.6 Å². The van der Waals surface area contributed by atoms with E-state index in [1.54, 1.807) is 13.1 Å². The highest BCUT2D eigenvalue weighted by molar-refractivity contribution is 6.05. The lowest BCUT2D eigenvalue weighted by molar-refractivity contribution is 0.0879. The summed E-state index contributed by atoms with van der Waals surface area (Å²) in [4.78, 5) is 46.9. The Morgan fingerprint density at radius 1 is 1.24 bits per heavy atom. The van der Waals surface area contributed by atoms with Crippen LogP contribution in [0.15, 0.2) is 15.7 Å². The van der Waals surface area contributed by atoms with Gasteiger partial charge < -0.3 is 10.2 Å². The number of rotatable bonds is 5. The van der Waals surface area contributed by atoms with Crippen LogP contribution in [0.1, 0.15) is 68.9 Å². The van der Waals surface area contributed by atoms with Gasteiger partial charge in [0.05, 0.1) is 10.9 Å². The molecule has 1 amide bonds. The topological polar surface area (TPSA) is 100 Å². The highest BCUT2D eigenvalue weighted by Gasteiger charge is 2.27. The van der Waals surface area contributed by atoms with Gasteiger partial charge in [0.2, 0.25) is 0 Å². The predicted octanol–water partition coefficient (Wildman–Crippen LogP) is 1.74. The molecule has 29 heavy (non-hydrogen) atoms. The standard InChI is InChI=1S/C21H31N5O3/c1-13(2)15-11-14(16-17(22-15)25(5)20(29)23-19(16)28)18(27)24-21(3,4)12-26-9-7-6-8-10-26/h11,13H,6-10,12H2,1-5H3,(H,24,27)(H,23,28,29). The normalized spacial score (nSPS) is 15.8. The van der Waals surface area contributed by atoms with Crippen molar-refractivity contribution in [2.24, 2.45) is 7.05 Å². The van der Waals surface area contributed by atoms with E-state index in [2.05, 4.69) is 20.2 Å². The van der Waals surface area contributed by atoms with E-state index in [9.17, 15) is 14.4 Å². The molecule has 0 aromatic carbocycles. The van der Waals surface area contributed by atoms with Crippen molar-refractivity contribution in [2.75, 3.05) is 19.6 Å². The minimum atomic E-state index is -0.593. The first-order valence-corrected chi connectivity index (χ1v) is 10.3. The van der Waals surface area contributed by atoms with Gasteiger partial charge in [0.25, 0.3) is 11.5 Å². The van der Waals surface area contributed by atoms with Gasteiger partial charge in [0.15, 0.2) is 0 Å². The van der Waals surface area contributed by atoms with Crippen molar-refractivity contribution < 1.29 is 4.79 Å². The van der Waals surface area contributed by atoms with Gasteiger partial charge >= 0.3 is 5.69 Å². The van der Waals surface area contributed by atoms with Gasteiger partial charge in [-0.3, -0.25) is 19.1 Å². The van der Waals surface area contributed by atoms with Crippen molar-refractivity contribution in [1.82, 2.24) is 24.8 Å². The fourth-order valence-corrected chi connectivity index (χ4v) is 3.92. The first-order valence-electron chi connectivity index (χ1n) is 10.3. The number of pyridine rings is 1. The second-order valence-corrected chi connectivity index (χ2v) is 8.94. The van der Waals surface area contributed by atoms with Crippen LogP contribution in [-0.4, -0.2) is 50.5 Å². The summed E-state index contributed by atoms with van der Waals surface area (Å²) in [6, 6.07) is 1.67. The van der Waals surface area contributed by atoms with Crippen LogP contribution in [0.4, 0.5) is 0 Å². The molecule has 3 heterocycles. The zero-order chi connectivity index (χ0) is 21.3. The molecule has 1 aliphatic rings. The summed E-state index contributed by atoms with van der Waals surface area (Å²) in [7, 11) is 1.54. The Labute approximate surface area is 170 Å². The first-order chi connectivity index (χ1) is 13.6. The zero-order valence-corrected chi connectivity index (χ0v) is 18.0. The quantitative estimate of drug-likeness (QED) is 0.795. The SMILES string of the molecule is CC(C)c1cc(C(=O)NC(C)(C)CN2CCCCC2)c2c(=O)[nH]c(=O)n(C)c2n1. The number of hydrogen-bond acceptors (Lipinski definition) is 5. The van der Waals surface area contributed by atoms with Crippen LogP contribution in [-0.2, 0) is 7.05 Å². The van der Waals surface area contributed by atoms with Crippen LogP contribution in [0.2, 0.25) is 0 Å². The molecule has 0 unspecified atom stereocenters. The highest BCUT2D eigenvalue weighted by Crippen LogP contribution is 2.20. The van der Waals surface area contributed by atoms with E-state index < -0.39 is 16.8 Å². The lowest BCUT2D eigenvalue weighted by Crippen LogP contribution is -2.52. The van der Waals surface area contributed by atoms with Crippen LogP contribution in [0.5, 0.6) is 0 Å². The minimum Gasteiger partial charge on any atom is -0.346 e. The molecule has 8 nitrogen and oxygen atoms in total. The molecule has 2 aromatic heterocycles. The van der Waals surface area contributed by atoms with Gasteiger partial charge in [-0.2, -0.15) is 0 Å².